The molecular weight excluding hydrogens is 453 g/mol. The predicted octanol–water partition coefficient (Wildman–Crippen LogP) is 3.28. The van der Waals surface area contributed by atoms with Crippen molar-refractivity contribution in [3.8, 4) is 0 Å². The fourth-order valence-corrected chi connectivity index (χ4v) is 3.42. The second-order valence-electron chi connectivity index (χ2n) is 5.39. The Bertz CT molecular complexity index is 778. The highest BCUT2D eigenvalue weighted by Gasteiger charge is 2.11. The van der Waals surface area contributed by atoms with Crippen molar-refractivity contribution in [2.24, 2.45) is 0 Å². The lowest BCUT2D eigenvalue weighted by Crippen LogP contribution is -2.22. The summed E-state index contributed by atoms with van der Waals surface area (Å²) in [6, 6.07) is 7.54. The fraction of sp³-hybridized carbons (Fsp3) is 0.294. The first-order valence-electron chi connectivity index (χ1n) is 7.50. The van der Waals surface area contributed by atoms with Gasteiger partial charge in [-0.1, -0.05) is 11.8 Å². The molecule has 0 bridgehead atoms. The van der Waals surface area contributed by atoms with Gasteiger partial charge in [0.15, 0.2) is 11.8 Å². The molecule has 0 unspecified atom stereocenters. The lowest BCUT2D eigenvalue weighted by Gasteiger charge is -2.09. The highest BCUT2D eigenvalue weighted by Crippen LogP contribution is 2.18. The normalized spacial score (nSPS) is 10.4. The Morgan fingerprint density at radius 2 is 1.84 bits per heavy atom. The topological polar surface area (TPSA) is 81.2 Å². The molecule has 0 saturated carbocycles. The molecule has 0 aliphatic heterocycles. The van der Waals surface area contributed by atoms with E-state index in [2.05, 4.69) is 37.9 Å². The van der Waals surface area contributed by atoms with Gasteiger partial charge in [0.2, 0.25) is 0 Å². The van der Waals surface area contributed by atoms with Crippen LogP contribution in [0.25, 0.3) is 0 Å². The Labute approximate surface area is 164 Å². The molecule has 1 aromatic carbocycles. The number of ether oxygens (including phenoxy) is 1. The SMILES string of the molecule is Cc1cc(C)nc(SCC(=O)OCC(=O)Nc2ccc(I)cc2C)n1. The van der Waals surface area contributed by atoms with Crippen LogP contribution in [0, 0.1) is 24.3 Å². The van der Waals surface area contributed by atoms with Crippen LogP contribution in [0.1, 0.15) is 17.0 Å². The third-order valence-electron chi connectivity index (χ3n) is 3.11. The number of aromatic nitrogens is 2. The molecule has 1 amide bonds. The zero-order chi connectivity index (χ0) is 18.4. The van der Waals surface area contributed by atoms with Crippen molar-refractivity contribution in [1.29, 1.82) is 0 Å². The average Bonchev–Trinajstić information content (AvgIpc) is 2.53. The first kappa shape index (κ1) is 19.6. The Hall–Kier alpha value is -1.68. The lowest BCUT2D eigenvalue weighted by molar-refractivity contribution is -0.144. The largest absolute Gasteiger partial charge is 0.455 e. The van der Waals surface area contributed by atoms with Gasteiger partial charge < -0.3 is 10.1 Å². The number of carbonyl (C=O) groups is 2. The lowest BCUT2D eigenvalue weighted by atomic mass is 10.2. The van der Waals surface area contributed by atoms with E-state index in [1.54, 1.807) is 0 Å². The van der Waals surface area contributed by atoms with Gasteiger partial charge in [-0.05, 0) is 73.2 Å². The van der Waals surface area contributed by atoms with Crippen molar-refractivity contribution < 1.29 is 14.3 Å². The molecule has 132 valence electrons. The molecule has 1 N–H and O–H groups in total. The summed E-state index contributed by atoms with van der Waals surface area (Å²) >= 11 is 3.39. The van der Waals surface area contributed by atoms with Crippen LogP contribution < -0.4 is 5.32 Å². The summed E-state index contributed by atoms with van der Waals surface area (Å²) in [7, 11) is 0. The molecule has 0 atom stereocenters. The van der Waals surface area contributed by atoms with Crippen LogP contribution in [0.5, 0.6) is 0 Å². The summed E-state index contributed by atoms with van der Waals surface area (Å²) < 4.78 is 6.08. The van der Waals surface area contributed by atoms with Crippen LogP contribution in [0.15, 0.2) is 29.4 Å². The van der Waals surface area contributed by atoms with Gasteiger partial charge in [-0.2, -0.15) is 0 Å². The number of thioether (sulfide) groups is 1. The molecule has 0 fully saturated rings. The fourth-order valence-electron chi connectivity index (χ4n) is 2.02. The van der Waals surface area contributed by atoms with Gasteiger partial charge in [0.05, 0.1) is 5.75 Å². The molecule has 0 radical (unpaired) electrons. The molecular formula is C17H18IN3O3S. The Morgan fingerprint density at radius 3 is 2.48 bits per heavy atom. The minimum atomic E-state index is -0.484. The third kappa shape index (κ3) is 6.62. The van der Waals surface area contributed by atoms with E-state index in [4.69, 9.17) is 4.74 Å². The first-order chi connectivity index (χ1) is 11.8. The van der Waals surface area contributed by atoms with E-state index in [1.807, 2.05) is 45.0 Å². The van der Waals surface area contributed by atoms with Gasteiger partial charge in [-0.15, -0.1) is 0 Å². The van der Waals surface area contributed by atoms with E-state index < -0.39 is 5.97 Å². The van der Waals surface area contributed by atoms with Gasteiger partial charge >= 0.3 is 5.97 Å². The number of benzene rings is 1. The molecule has 0 spiro atoms. The number of esters is 1. The maximum absolute atomic E-state index is 11.9. The first-order valence-corrected chi connectivity index (χ1v) is 9.56. The van der Waals surface area contributed by atoms with Gasteiger partial charge in [-0.3, -0.25) is 9.59 Å². The second kappa shape index (κ2) is 9.14. The van der Waals surface area contributed by atoms with Crippen molar-refractivity contribution in [2.45, 2.75) is 25.9 Å². The summed E-state index contributed by atoms with van der Waals surface area (Å²) in [5.41, 5.74) is 3.35. The number of hydrogen-bond acceptors (Lipinski definition) is 6. The number of hydrogen-bond donors (Lipinski definition) is 1. The smallest absolute Gasteiger partial charge is 0.316 e. The molecule has 0 aliphatic rings. The van der Waals surface area contributed by atoms with Gasteiger partial charge in [-0.25, -0.2) is 9.97 Å². The third-order valence-corrected chi connectivity index (χ3v) is 4.60. The van der Waals surface area contributed by atoms with Crippen LogP contribution in [0.3, 0.4) is 0 Å². The van der Waals surface area contributed by atoms with Gasteiger partial charge in [0.1, 0.15) is 0 Å². The number of anilines is 1. The molecule has 0 saturated heterocycles. The van der Waals surface area contributed by atoms with Gasteiger partial charge in [0.25, 0.3) is 5.91 Å². The highest BCUT2D eigenvalue weighted by atomic mass is 127. The van der Waals surface area contributed by atoms with Crippen molar-refractivity contribution in [3.63, 3.8) is 0 Å². The number of rotatable bonds is 6. The number of aryl methyl sites for hydroxylation is 3. The van der Waals surface area contributed by atoms with Crippen LogP contribution in [0.4, 0.5) is 5.69 Å². The minimum Gasteiger partial charge on any atom is -0.455 e. The second-order valence-corrected chi connectivity index (χ2v) is 7.58. The maximum atomic E-state index is 11.9. The monoisotopic (exact) mass is 471 g/mol. The zero-order valence-electron chi connectivity index (χ0n) is 14.1. The number of nitrogens with zero attached hydrogens (tertiary/aromatic N) is 2. The summed E-state index contributed by atoms with van der Waals surface area (Å²) in [6.07, 6.45) is 0. The molecule has 2 aromatic rings. The summed E-state index contributed by atoms with van der Waals surface area (Å²) in [4.78, 5) is 32.1. The quantitative estimate of drug-likeness (QED) is 0.302. The van der Waals surface area contributed by atoms with Crippen LogP contribution in [-0.2, 0) is 14.3 Å². The van der Waals surface area contributed by atoms with E-state index in [-0.39, 0.29) is 18.3 Å². The number of nitrogens with one attached hydrogen (secondary N) is 1. The highest BCUT2D eigenvalue weighted by molar-refractivity contribution is 14.1. The zero-order valence-corrected chi connectivity index (χ0v) is 17.1. The number of carbonyl (C=O) groups excluding carboxylic acids is 2. The van der Waals surface area contributed by atoms with Crippen LogP contribution in [-0.4, -0.2) is 34.2 Å². The minimum absolute atomic E-state index is 0.0543. The maximum Gasteiger partial charge on any atom is 0.316 e. The molecule has 0 aliphatic carbocycles. The van der Waals surface area contributed by atoms with E-state index in [9.17, 15) is 9.59 Å². The van der Waals surface area contributed by atoms with Crippen molar-refractivity contribution in [1.82, 2.24) is 9.97 Å². The predicted molar refractivity (Wildman–Crippen MR) is 106 cm³/mol. The van der Waals surface area contributed by atoms with E-state index in [0.717, 1.165) is 20.5 Å². The molecule has 6 nitrogen and oxygen atoms in total. The summed E-state index contributed by atoms with van der Waals surface area (Å²) in [5, 5.41) is 3.25. The van der Waals surface area contributed by atoms with Crippen molar-refractivity contribution >= 4 is 51.9 Å². The molecule has 25 heavy (non-hydrogen) atoms. The van der Waals surface area contributed by atoms with E-state index in [0.29, 0.717) is 10.8 Å². The van der Waals surface area contributed by atoms with Crippen molar-refractivity contribution in [3.05, 3.63) is 44.8 Å². The number of halogens is 1. The van der Waals surface area contributed by atoms with Crippen LogP contribution in [0.2, 0.25) is 0 Å². The van der Waals surface area contributed by atoms with Gasteiger partial charge in [0, 0.05) is 20.6 Å². The average molecular weight is 471 g/mol. The number of amides is 1. The molecule has 2 rings (SSSR count). The van der Waals surface area contributed by atoms with Crippen LogP contribution >= 0.6 is 34.4 Å². The Balaban J connectivity index is 1.78. The van der Waals surface area contributed by atoms with E-state index in [1.165, 1.54) is 11.8 Å². The standard InChI is InChI=1S/C17H18IN3O3S/c1-10-6-13(18)4-5-14(10)21-15(22)8-24-16(23)9-25-17-19-11(2)7-12(3)20-17/h4-7H,8-9H2,1-3H3,(H,21,22). The van der Waals surface area contributed by atoms with Crippen molar-refractivity contribution in [2.75, 3.05) is 17.7 Å². The molecule has 1 aromatic heterocycles. The summed E-state index contributed by atoms with van der Waals surface area (Å²) in [5.74, 6) is -0.800. The summed E-state index contributed by atoms with van der Waals surface area (Å²) in [6.45, 7) is 5.32. The molecule has 1 heterocycles. The molecule has 8 heteroatoms. The van der Waals surface area contributed by atoms with E-state index >= 15 is 0 Å². The Morgan fingerprint density at radius 1 is 1.16 bits per heavy atom. The Kier molecular flexibility index (Phi) is 7.18.